The molecule has 0 bridgehead atoms. The Labute approximate surface area is 120 Å². The minimum Gasteiger partial charge on any atom is -0.342 e. The van der Waals surface area contributed by atoms with Crippen molar-refractivity contribution in [1.82, 2.24) is 10.2 Å². The number of thioether (sulfide) groups is 1. The summed E-state index contributed by atoms with van der Waals surface area (Å²) >= 11 is 2.09. The average Bonchev–Trinajstić information content (AvgIpc) is 3.31. The number of nitrogens with one attached hydrogen (secondary N) is 1. The molecule has 0 aromatic carbocycles. The molecule has 3 rings (SSSR count). The van der Waals surface area contributed by atoms with Gasteiger partial charge in [0.2, 0.25) is 5.91 Å². The Bertz CT molecular complexity index is 305. The van der Waals surface area contributed by atoms with Crippen LogP contribution >= 0.6 is 11.8 Å². The van der Waals surface area contributed by atoms with Crippen molar-refractivity contribution in [3.05, 3.63) is 0 Å². The zero-order valence-electron chi connectivity index (χ0n) is 11.8. The second-order valence-electron chi connectivity index (χ2n) is 6.37. The van der Waals surface area contributed by atoms with Crippen molar-refractivity contribution in [2.45, 2.75) is 44.6 Å². The molecule has 2 saturated heterocycles. The highest BCUT2D eigenvalue weighted by atomic mass is 32.2. The molecular formula is C15H26N2OS. The van der Waals surface area contributed by atoms with Crippen molar-refractivity contribution in [2.75, 3.05) is 31.1 Å². The molecule has 2 aliphatic heterocycles. The number of amides is 1. The molecule has 2 heterocycles. The lowest BCUT2D eigenvalue weighted by Crippen LogP contribution is -2.43. The van der Waals surface area contributed by atoms with E-state index in [9.17, 15) is 4.79 Å². The summed E-state index contributed by atoms with van der Waals surface area (Å²) < 4.78 is 0. The van der Waals surface area contributed by atoms with Crippen molar-refractivity contribution in [3.8, 4) is 0 Å². The highest BCUT2D eigenvalue weighted by molar-refractivity contribution is 7.99. The van der Waals surface area contributed by atoms with Crippen LogP contribution in [0.2, 0.25) is 0 Å². The van der Waals surface area contributed by atoms with E-state index in [0.29, 0.717) is 11.8 Å². The van der Waals surface area contributed by atoms with Gasteiger partial charge < -0.3 is 10.2 Å². The summed E-state index contributed by atoms with van der Waals surface area (Å²) in [7, 11) is 0. The predicted octanol–water partition coefficient (Wildman–Crippen LogP) is 2.12. The monoisotopic (exact) mass is 282 g/mol. The molecule has 0 aromatic heterocycles. The molecular weight excluding hydrogens is 256 g/mol. The highest BCUT2D eigenvalue weighted by Crippen LogP contribution is 2.32. The Morgan fingerprint density at radius 1 is 1.16 bits per heavy atom. The Morgan fingerprint density at radius 3 is 2.58 bits per heavy atom. The topological polar surface area (TPSA) is 32.3 Å². The number of hydrogen-bond acceptors (Lipinski definition) is 3. The fraction of sp³-hybridized carbons (Fsp3) is 0.933. The molecule has 0 radical (unpaired) electrons. The number of rotatable bonds is 4. The smallest absolute Gasteiger partial charge is 0.225 e. The zero-order valence-corrected chi connectivity index (χ0v) is 12.6. The van der Waals surface area contributed by atoms with Crippen molar-refractivity contribution in [3.63, 3.8) is 0 Å². The van der Waals surface area contributed by atoms with Crippen molar-refractivity contribution < 1.29 is 4.79 Å². The number of carbonyl (C=O) groups is 1. The first-order valence-electron chi connectivity index (χ1n) is 7.93. The maximum atomic E-state index is 12.0. The summed E-state index contributed by atoms with van der Waals surface area (Å²) in [5.41, 5.74) is 0. The maximum absolute atomic E-state index is 12.0. The summed E-state index contributed by atoms with van der Waals surface area (Å²) in [4.78, 5) is 14.1. The van der Waals surface area contributed by atoms with E-state index in [0.717, 1.165) is 44.4 Å². The van der Waals surface area contributed by atoms with Gasteiger partial charge in [0.05, 0.1) is 0 Å². The first kappa shape index (κ1) is 13.7. The van der Waals surface area contributed by atoms with E-state index in [4.69, 9.17) is 0 Å². The molecule has 3 fully saturated rings. The number of carbonyl (C=O) groups excluding carboxylic acids is 1. The van der Waals surface area contributed by atoms with Gasteiger partial charge in [-0.3, -0.25) is 4.79 Å². The molecule has 1 N–H and O–H groups in total. The molecule has 0 unspecified atom stereocenters. The largest absolute Gasteiger partial charge is 0.342 e. The fourth-order valence-corrected chi connectivity index (χ4v) is 4.29. The van der Waals surface area contributed by atoms with Crippen molar-refractivity contribution in [2.24, 2.45) is 11.8 Å². The summed E-state index contributed by atoms with van der Waals surface area (Å²) in [6.45, 7) is 3.17. The molecule has 1 amide bonds. The summed E-state index contributed by atoms with van der Waals surface area (Å²) in [6.07, 6.45) is 7.40. The quantitative estimate of drug-likeness (QED) is 0.857. The van der Waals surface area contributed by atoms with E-state index in [1.165, 1.54) is 37.2 Å². The highest BCUT2D eigenvalue weighted by Gasteiger charge is 2.34. The van der Waals surface area contributed by atoms with Crippen LogP contribution in [0.4, 0.5) is 0 Å². The van der Waals surface area contributed by atoms with E-state index in [2.05, 4.69) is 22.0 Å². The standard InChI is InChI=1S/C15H26N2OS/c18-15(13-3-4-13)17-7-5-12(6-8-17)10-16-14-2-1-9-19-11-14/h12-14,16H,1-11H2/t14-/m1/s1. The summed E-state index contributed by atoms with van der Waals surface area (Å²) in [5, 5.41) is 3.75. The normalized spacial score (nSPS) is 29.5. The number of piperidine rings is 1. The zero-order chi connectivity index (χ0) is 13.1. The number of likely N-dealkylation sites (tertiary alicyclic amines) is 1. The van der Waals surface area contributed by atoms with Gasteiger partial charge in [-0.15, -0.1) is 0 Å². The van der Waals surface area contributed by atoms with Gasteiger partial charge in [-0.1, -0.05) is 0 Å². The molecule has 4 heteroatoms. The first-order chi connectivity index (χ1) is 9.33. The lowest BCUT2D eigenvalue weighted by molar-refractivity contribution is -0.133. The molecule has 0 aromatic rings. The van der Waals surface area contributed by atoms with Crippen molar-refractivity contribution >= 4 is 17.7 Å². The molecule has 1 aliphatic carbocycles. The van der Waals surface area contributed by atoms with E-state index >= 15 is 0 Å². The van der Waals surface area contributed by atoms with Crippen LogP contribution in [0, 0.1) is 11.8 Å². The van der Waals surface area contributed by atoms with Gasteiger partial charge in [0.15, 0.2) is 0 Å². The van der Waals surface area contributed by atoms with Crippen LogP contribution in [0.5, 0.6) is 0 Å². The summed E-state index contributed by atoms with van der Waals surface area (Å²) in [5.74, 6) is 4.26. The fourth-order valence-electron chi connectivity index (χ4n) is 3.18. The summed E-state index contributed by atoms with van der Waals surface area (Å²) in [6, 6.07) is 0.741. The molecule has 1 saturated carbocycles. The van der Waals surface area contributed by atoms with Crippen LogP contribution < -0.4 is 5.32 Å². The minimum absolute atomic E-state index is 0.397. The Balaban J connectivity index is 1.34. The van der Waals surface area contributed by atoms with Crippen LogP contribution in [0.1, 0.15) is 38.5 Å². The molecule has 3 nitrogen and oxygen atoms in total. The van der Waals surface area contributed by atoms with E-state index in [1.807, 2.05) is 0 Å². The van der Waals surface area contributed by atoms with Crippen molar-refractivity contribution in [1.29, 1.82) is 0 Å². The molecule has 19 heavy (non-hydrogen) atoms. The number of nitrogens with zero attached hydrogens (tertiary/aromatic N) is 1. The van der Waals surface area contributed by atoms with Gasteiger partial charge in [0, 0.05) is 30.8 Å². The third-order valence-electron chi connectivity index (χ3n) is 4.71. The maximum Gasteiger partial charge on any atom is 0.225 e. The van der Waals surface area contributed by atoms with E-state index in [-0.39, 0.29) is 0 Å². The minimum atomic E-state index is 0.397. The van der Waals surface area contributed by atoms with Crippen LogP contribution in [-0.2, 0) is 4.79 Å². The van der Waals surface area contributed by atoms with Gasteiger partial charge in [0.25, 0.3) is 0 Å². The van der Waals surface area contributed by atoms with Crippen LogP contribution in [0.25, 0.3) is 0 Å². The van der Waals surface area contributed by atoms with Gasteiger partial charge in [-0.2, -0.15) is 11.8 Å². The Morgan fingerprint density at radius 2 is 1.95 bits per heavy atom. The molecule has 0 spiro atoms. The Hall–Kier alpha value is -0.220. The number of hydrogen-bond donors (Lipinski definition) is 1. The Kier molecular flexibility index (Phi) is 4.69. The third kappa shape index (κ3) is 3.88. The first-order valence-corrected chi connectivity index (χ1v) is 9.08. The van der Waals surface area contributed by atoms with Crippen LogP contribution in [0.15, 0.2) is 0 Å². The molecule has 108 valence electrons. The average molecular weight is 282 g/mol. The van der Waals surface area contributed by atoms with Gasteiger partial charge >= 0.3 is 0 Å². The molecule has 3 aliphatic rings. The SMILES string of the molecule is O=C(C1CC1)N1CCC(CN[C@@H]2CCCSC2)CC1. The van der Waals surface area contributed by atoms with Gasteiger partial charge in [-0.25, -0.2) is 0 Å². The lowest BCUT2D eigenvalue weighted by Gasteiger charge is -2.33. The predicted molar refractivity (Wildman–Crippen MR) is 80.4 cm³/mol. The second kappa shape index (κ2) is 6.49. The van der Waals surface area contributed by atoms with Gasteiger partial charge in [0.1, 0.15) is 0 Å². The third-order valence-corrected chi connectivity index (χ3v) is 5.92. The molecule has 1 atom stereocenters. The van der Waals surface area contributed by atoms with Crippen LogP contribution in [0.3, 0.4) is 0 Å². The van der Waals surface area contributed by atoms with Crippen LogP contribution in [-0.4, -0.2) is 48.0 Å². The second-order valence-corrected chi connectivity index (χ2v) is 7.52. The lowest BCUT2D eigenvalue weighted by atomic mass is 9.96. The van der Waals surface area contributed by atoms with E-state index in [1.54, 1.807) is 0 Å². The van der Waals surface area contributed by atoms with Gasteiger partial charge in [-0.05, 0) is 56.7 Å². The van der Waals surface area contributed by atoms with E-state index < -0.39 is 0 Å².